The fourth-order valence-corrected chi connectivity index (χ4v) is 3.88. The van der Waals surface area contributed by atoms with Crippen LogP contribution in [0.1, 0.15) is 84.1 Å². The summed E-state index contributed by atoms with van der Waals surface area (Å²) in [5, 5.41) is 10.0. The Morgan fingerprint density at radius 3 is 1.97 bits per heavy atom. The van der Waals surface area contributed by atoms with Crippen molar-refractivity contribution in [2.75, 3.05) is 0 Å². The standard InChI is InChI=1S/C27H37N6/c1-10-20-19(17-28)15-18(16-21(20)23-32(8)13-14-33(23)9)22-29-24(26(4,5)11-2)31-25(30-22)27(6,7)12-3/h13-16H,10-12H2,1-9H3/q+1. The third kappa shape index (κ3) is 4.55. The van der Waals surface area contributed by atoms with Gasteiger partial charge >= 0.3 is 0 Å². The van der Waals surface area contributed by atoms with Crippen LogP contribution in [0.15, 0.2) is 24.5 Å². The molecule has 0 spiro atoms. The minimum absolute atomic E-state index is 0.176. The Kier molecular flexibility index (Phi) is 6.74. The van der Waals surface area contributed by atoms with Gasteiger partial charge in [-0.1, -0.05) is 48.5 Å². The predicted octanol–water partition coefficient (Wildman–Crippen LogP) is 5.18. The van der Waals surface area contributed by atoms with E-state index >= 15 is 0 Å². The Morgan fingerprint density at radius 1 is 0.970 bits per heavy atom. The zero-order valence-electron chi connectivity index (χ0n) is 21.6. The summed E-state index contributed by atoms with van der Waals surface area (Å²) >= 11 is 0. The molecule has 0 unspecified atom stereocenters. The van der Waals surface area contributed by atoms with Gasteiger partial charge in [0.15, 0.2) is 5.82 Å². The average molecular weight is 446 g/mol. The van der Waals surface area contributed by atoms with Crippen LogP contribution in [0.2, 0.25) is 0 Å². The topological polar surface area (TPSA) is 71.3 Å². The van der Waals surface area contributed by atoms with Crippen molar-refractivity contribution in [1.29, 1.82) is 5.26 Å². The average Bonchev–Trinajstić information content (AvgIpc) is 3.15. The lowest BCUT2D eigenvalue weighted by Gasteiger charge is -2.26. The third-order valence-electron chi connectivity index (χ3n) is 7.02. The molecular weight excluding hydrogens is 408 g/mol. The molecule has 3 aromatic rings. The highest BCUT2D eigenvalue weighted by Gasteiger charge is 2.30. The maximum Gasteiger partial charge on any atom is 0.288 e. The largest absolute Gasteiger partial charge is 0.288 e. The van der Waals surface area contributed by atoms with Crippen LogP contribution in [0, 0.1) is 11.3 Å². The van der Waals surface area contributed by atoms with E-state index in [1.807, 2.05) is 32.6 Å². The highest BCUT2D eigenvalue weighted by molar-refractivity contribution is 5.72. The fourth-order valence-electron chi connectivity index (χ4n) is 3.88. The van der Waals surface area contributed by atoms with Gasteiger partial charge in [-0.05, 0) is 37.0 Å². The Bertz CT molecular complexity index is 1160. The SMILES string of the molecule is CCc1c(C#N)cc(-c2nc(C(C)(C)CC)nc(C(C)(C)CC)n2)cc1-c1n(C)cc[n+]1C. The highest BCUT2D eigenvalue weighted by Crippen LogP contribution is 2.33. The van der Waals surface area contributed by atoms with Gasteiger partial charge in [-0.15, -0.1) is 0 Å². The number of nitriles is 1. The van der Waals surface area contributed by atoms with E-state index in [0.717, 1.165) is 53.4 Å². The maximum atomic E-state index is 10.0. The number of benzene rings is 1. The fraction of sp³-hybridized carbons (Fsp3) is 0.519. The van der Waals surface area contributed by atoms with Crippen molar-refractivity contribution >= 4 is 0 Å². The molecule has 33 heavy (non-hydrogen) atoms. The van der Waals surface area contributed by atoms with E-state index in [-0.39, 0.29) is 10.8 Å². The van der Waals surface area contributed by atoms with Gasteiger partial charge in [-0.25, -0.2) is 24.1 Å². The second kappa shape index (κ2) is 9.05. The second-order valence-corrected chi connectivity index (χ2v) is 10.1. The molecule has 6 nitrogen and oxygen atoms in total. The minimum atomic E-state index is -0.176. The molecule has 0 aliphatic carbocycles. The number of imidazole rings is 1. The van der Waals surface area contributed by atoms with Crippen LogP contribution in [0.3, 0.4) is 0 Å². The van der Waals surface area contributed by atoms with Gasteiger partial charge < -0.3 is 0 Å². The number of hydrogen-bond acceptors (Lipinski definition) is 4. The first kappa shape index (κ1) is 24.6. The van der Waals surface area contributed by atoms with Gasteiger partial charge in [0.2, 0.25) is 0 Å². The molecule has 0 saturated heterocycles. The van der Waals surface area contributed by atoms with Crippen LogP contribution >= 0.6 is 0 Å². The van der Waals surface area contributed by atoms with E-state index < -0.39 is 0 Å². The molecule has 0 aliphatic heterocycles. The Morgan fingerprint density at radius 2 is 1.55 bits per heavy atom. The summed E-state index contributed by atoms with van der Waals surface area (Å²) in [6.45, 7) is 15.1. The van der Waals surface area contributed by atoms with Crippen LogP contribution < -0.4 is 4.57 Å². The molecule has 0 radical (unpaired) electrons. The summed E-state index contributed by atoms with van der Waals surface area (Å²) in [6.07, 6.45) is 6.67. The first-order valence-electron chi connectivity index (χ1n) is 11.8. The van der Waals surface area contributed by atoms with Crippen LogP contribution in [0.5, 0.6) is 0 Å². The summed E-state index contributed by atoms with van der Waals surface area (Å²) in [5.74, 6) is 3.28. The molecule has 0 bridgehead atoms. The molecule has 0 fully saturated rings. The molecule has 0 saturated carbocycles. The minimum Gasteiger partial charge on any atom is -0.233 e. The van der Waals surface area contributed by atoms with Crippen molar-refractivity contribution in [2.45, 2.75) is 78.6 Å². The van der Waals surface area contributed by atoms with Crippen molar-refractivity contribution in [1.82, 2.24) is 19.5 Å². The summed E-state index contributed by atoms with van der Waals surface area (Å²) in [5.41, 5.74) is 3.24. The van der Waals surface area contributed by atoms with Crippen LogP contribution in [0.4, 0.5) is 0 Å². The first-order valence-corrected chi connectivity index (χ1v) is 11.8. The van der Waals surface area contributed by atoms with E-state index in [2.05, 4.69) is 69.7 Å². The Hall–Kier alpha value is -3.07. The number of hydrogen-bond donors (Lipinski definition) is 0. The van der Waals surface area contributed by atoms with E-state index in [1.165, 1.54) is 0 Å². The van der Waals surface area contributed by atoms with Gasteiger partial charge in [0, 0.05) is 16.4 Å². The first-order chi connectivity index (χ1) is 15.5. The van der Waals surface area contributed by atoms with Crippen LogP contribution in [0.25, 0.3) is 22.8 Å². The summed E-state index contributed by atoms with van der Waals surface area (Å²) in [7, 11) is 4.06. The van der Waals surface area contributed by atoms with Gasteiger partial charge in [-0.2, -0.15) is 5.26 Å². The number of aromatic nitrogens is 5. The zero-order chi connectivity index (χ0) is 24.6. The normalized spacial score (nSPS) is 12.1. The van der Waals surface area contributed by atoms with Crippen molar-refractivity contribution in [2.24, 2.45) is 14.1 Å². The molecule has 6 heteroatoms. The Labute approximate surface area is 198 Å². The molecule has 0 N–H and O–H groups in total. The second-order valence-electron chi connectivity index (χ2n) is 10.1. The lowest BCUT2D eigenvalue weighted by molar-refractivity contribution is -0.659. The van der Waals surface area contributed by atoms with Crippen molar-refractivity contribution < 1.29 is 4.57 Å². The molecule has 2 heterocycles. The van der Waals surface area contributed by atoms with E-state index in [0.29, 0.717) is 11.4 Å². The molecule has 174 valence electrons. The van der Waals surface area contributed by atoms with E-state index in [1.54, 1.807) is 0 Å². The smallest absolute Gasteiger partial charge is 0.233 e. The molecule has 0 amide bonds. The molecule has 0 atom stereocenters. The van der Waals surface area contributed by atoms with Gasteiger partial charge in [0.1, 0.15) is 24.0 Å². The van der Waals surface area contributed by atoms with Gasteiger partial charge in [0.05, 0.1) is 31.3 Å². The van der Waals surface area contributed by atoms with Crippen molar-refractivity contribution in [3.05, 3.63) is 47.3 Å². The quantitative estimate of drug-likeness (QED) is 0.470. The summed E-state index contributed by atoms with van der Waals surface area (Å²) < 4.78 is 4.17. The zero-order valence-corrected chi connectivity index (χ0v) is 21.6. The monoisotopic (exact) mass is 445 g/mol. The Balaban J connectivity index is 2.37. The van der Waals surface area contributed by atoms with Crippen LogP contribution in [-0.2, 0) is 31.3 Å². The highest BCUT2D eigenvalue weighted by atomic mass is 15.1. The lowest BCUT2D eigenvalue weighted by atomic mass is 9.87. The lowest BCUT2D eigenvalue weighted by Crippen LogP contribution is -2.29. The summed E-state index contributed by atoms with van der Waals surface area (Å²) in [4.78, 5) is 14.8. The number of nitrogens with zero attached hydrogens (tertiary/aromatic N) is 6. The molecular formula is C27H37N6+. The maximum absolute atomic E-state index is 10.0. The van der Waals surface area contributed by atoms with Gasteiger partial charge in [-0.3, -0.25) is 0 Å². The molecule has 3 rings (SSSR count). The molecule has 0 aliphatic rings. The number of rotatable bonds is 7. The van der Waals surface area contributed by atoms with E-state index in [9.17, 15) is 5.26 Å². The molecule has 1 aromatic carbocycles. The van der Waals surface area contributed by atoms with Crippen LogP contribution in [-0.4, -0.2) is 19.5 Å². The predicted molar refractivity (Wildman–Crippen MR) is 132 cm³/mol. The third-order valence-corrected chi connectivity index (χ3v) is 7.02. The van der Waals surface area contributed by atoms with E-state index in [4.69, 9.17) is 15.0 Å². The van der Waals surface area contributed by atoms with Crippen molar-refractivity contribution in [3.8, 4) is 28.8 Å². The van der Waals surface area contributed by atoms with Crippen molar-refractivity contribution in [3.63, 3.8) is 0 Å². The number of aryl methyl sites for hydroxylation is 2. The van der Waals surface area contributed by atoms with Gasteiger partial charge in [0.25, 0.3) is 5.82 Å². The summed E-state index contributed by atoms with van der Waals surface area (Å²) in [6, 6.07) is 6.49. The molecule has 2 aromatic heterocycles.